The molecule has 4 heteroatoms. The van der Waals surface area contributed by atoms with Gasteiger partial charge in [-0.2, -0.15) is 5.10 Å². The van der Waals surface area contributed by atoms with Crippen molar-refractivity contribution in [3.05, 3.63) is 36.7 Å². The maximum absolute atomic E-state index is 5.25. The Balaban J connectivity index is 2.52. The fraction of sp³-hybridized carbons (Fsp3) is 0.182. The fourth-order valence-electron chi connectivity index (χ4n) is 1.39. The maximum Gasteiger partial charge on any atom is 0.144 e. The molecule has 0 saturated heterocycles. The number of hydrogen-bond donors (Lipinski definition) is 0. The molecule has 2 aromatic rings. The van der Waals surface area contributed by atoms with Gasteiger partial charge in [0.25, 0.3) is 0 Å². The van der Waals surface area contributed by atoms with E-state index in [9.17, 15) is 0 Å². The van der Waals surface area contributed by atoms with Crippen molar-refractivity contribution in [1.29, 1.82) is 0 Å². The third-order valence-electron chi connectivity index (χ3n) is 2.14. The second kappa shape index (κ2) is 4.04. The summed E-state index contributed by atoms with van der Waals surface area (Å²) in [7, 11) is 3.27. The molecule has 15 heavy (non-hydrogen) atoms. The molecule has 0 atom stereocenters. The highest BCUT2D eigenvalue weighted by Crippen LogP contribution is 2.26. The van der Waals surface area contributed by atoms with Crippen molar-refractivity contribution in [2.24, 2.45) is 0 Å². The SMILES string of the molecule is COc1ccc(OC)c(-n2cccn2)c1. The van der Waals surface area contributed by atoms with E-state index in [1.165, 1.54) is 0 Å². The van der Waals surface area contributed by atoms with E-state index in [-0.39, 0.29) is 0 Å². The van der Waals surface area contributed by atoms with Gasteiger partial charge in [-0.15, -0.1) is 0 Å². The van der Waals surface area contributed by atoms with Crippen LogP contribution in [0.15, 0.2) is 36.7 Å². The van der Waals surface area contributed by atoms with Gasteiger partial charge in [-0.3, -0.25) is 0 Å². The molecule has 1 aromatic heterocycles. The summed E-state index contributed by atoms with van der Waals surface area (Å²) in [5.41, 5.74) is 0.863. The van der Waals surface area contributed by atoms with Gasteiger partial charge < -0.3 is 9.47 Å². The van der Waals surface area contributed by atoms with Gasteiger partial charge in [0.1, 0.15) is 17.2 Å². The van der Waals surface area contributed by atoms with E-state index in [0.29, 0.717) is 0 Å². The van der Waals surface area contributed by atoms with Crippen molar-refractivity contribution < 1.29 is 9.47 Å². The monoisotopic (exact) mass is 204 g/mol. The van der Waals surface area contributed by atoms with E-state index >= 15 is 0 Å². The molecule has 0 N–H and O–H groups in total. The maximum atomic E-state index is 5.25. The largest absolute Gasteiger partial charge is 0.497 e. The Hall–Kier alpha value is -1.97. The number of aromatic nitrogens is 2. The Kier molecular flexibility index (Phi) is 2.58. The normalized spacial score (nSPS) is 10.0. The van der Waals surface area contributed by atoms with Gasteiger partial charge in [-0.05, 0) is 18.2 Å². The van der Waals surface area contributed by atoms with Gasteiger partial charge >= 0.3 is 0 Å². The van der Waals surface area contributed by atoms with Crippen LogP contribution < -0.4 is 9.47 Å². The van der Waals surface area contributed by atoms with Crippen molar-refractivity contribution in [2.45, 2.75) is 0 Å². The molecule has 0 unspecified atom stereocenters. The zero-order valence-corrected chi connectivity index (χ0v) is 8.68. The van der Waals surface area contributed by atoms with Crippen LogP contribution in [-0.4, -0.2) is 24.0 Å². The molecule has 0 fully saturated rings. The van der Waals surface area contributed by atoms with Crippen LogP contribution in [0.5, 0.6) is 11.5 Å². The Morgan fingerprint density at radius 1 is 1.20 bits per heavy atom. The summed E-state index contributed by atoms with van der Waals surface area (Å²) in [4.78, 5) is 0. The molecular weight excluding hydrogens is 192 g/mol. The minimum atomic E-state index is 0.763. The molecule has 0 amide bonds. The smallest absolute Gasteiger partial charge is 0.144 e. The van der Waals surface area contributed by atoms with Gasteiger partial charge in [0.15, 0.2) is 0 Å². The lowest BCUT2D eigenvalue weighted by molar-refractivity contribution is 0.400. The minimum Gasteiger partial charge on any atom is -0.497 e. The summed E-state index contributed by atoms with van der Waals surface area (Å²) < 4.78 is 12.1. The van der Waals surface area contributed by atoms with Crippen molar-refractivity contribution in [1.82, 2.24) is 9.78 Å². The Morgan fingerprint density at radius 2 is 2.07 bits per heavy atom. The second-order valence-electron chi connectivity index (χ2n) is 2.99. The lowest BCUT2D eigenvalue weighted by Gasteiger charge is -2.09. The first-order valence-corrected chi connectivity index (χ1v) is 4.57. The summed E-state index contributed by atoms with van der Waals surface area (Å²) in [5.74, 6) is 1.54. The van der Waals surface area contributed by atoms with Crippen LogP contribution >= 0.6 is 0 Å². The van der Waals surface area contributed by atoms with Crippen LogP contribution in [0, 0.1) is 0 Å². The van der Waals surface area contributed by atoms with Gasteiger partial charge in [-0.25, -0.2) is 4.68 Å². The first-order valence-electron chi connectivity index (χ1n) is 4.57. The molecule has 1 aromatic carbocycles. The topological polar surface area (TPSA) is 36.3 Å². The third-order valence-corrected chi connectivity index (χ3v) is 2.14. The minimum absolute atomic E-state index is 0.763. The Morgan fingerprint density at radius 3 is 2.67 bits per heavy atom. The average Bonchev–Trinajstić information content (AvgIpc) is 2.81. The highest BCUT2D eigenvalue weighted by atomic mass is 16.5. The van der Waals surface area contributed by atoms with E-state index in [4.69, 9.17) is 9.47 Å². The number of ether oxygens (including phenoxy) is 2. The van der Waals surface area contributed by atoms with E-state index in [1.807, 2.05) is 30.5 Å². The molecule has 0 aliphatic heterocycles. The fourth-order valence-corrected chi connectivity index (χ4v) is 1.39. The van der Waals surface area contributed by atoms with E-state index in [2.05, 4.69) is 5.10 Å². The molecule has 0 saturated carbocycles. The van der Waals surface area contributed by atoms with Crippen LogP contribution in [0.2, 0.25) is 0 Å². The molecule has 0 spiro atoms. The predicted molar refractivity (Wildman–Crippen MR) is 56.7 cm³/mol. The third kappa shape index (κ3) is 1.79. The quantitative estimate of drug-likeness (QED) is 0.766. The molecule has 0 radical (unpaired) electrons. The van der Waals surface area contributed by atoms with Crippen molar-refractivity contribution in [2.75, 3.05) is 14.2 Å². The molecule has 1 heterocycles. The van der Waals surface area contributed by atoms with Gasteiger partial charge in [-0.1, -0.05) is 0 Å². The highest BCUT2D eigenvalue weighted by Gasteiger charge is 2.06. The second-order valence-corrected chi connectivity index (χ2v) is 2.99. The van der Waals surface area contributed by atoms with Crippen LogP contribution in [0.25, 0.3) is 5.69 Å². The number of nitrogens with zero attached hydrogens (tertiary/aromatic N) is 2. The molecule has 0 aliphatic rings. The number of hydrogen-bond acceptors (Lipinski definition) is 3. The number of methoxy groups -OCH3 is 2. The van der Waals surface area contributed by atoms with E-state index in [0.717, 1.165) is 17.2 Å². The van der Waals surface area contributed by atoms with E-state index in [1.54, 1.807) is 25.1 Å². The van der Waals surface area contributed by atoms with Crippen LogP contribution in [0.3, 0.4) is 0 Å². The summed E-state index contributed by atoms with van der Waals surface area (Å²) >= 11 is 0. The van der Waals surface area contributed by atoms with Gasteiger partial charge in [0.2, 0.25) is 0 Å². The molecule has 2 rings (SSSR count). The molecular formula is C11H12N2O2. The van der Waals surface area contributed by atoms with Crippen LogP contribution in [0.4, 0.5) is 0 Å². The number of rotatable bonds is 3. The van der Waals surface area contributed by atoms with Crippen molar-refractivity contribution in [3.63, 3.8) is 0 Å². The molecule has 0 aliphatic carbocycles. The molecule has 0 bridgehead atoms. The first kappa shape index (κ1) is 9.58. The number of benzene rings is 1. The van der Waals surface area contributed by atoms with Gasteiger partial charge in [0.05, 0.1) is 14.2 Å². The predicted octanol–water partition coefficient (Wildman–Crippen LogP) is 1.89. The van der Waals surface area contributed by atoms with Crippen molar-refractivity contribution >= 4 is 0 Å². The Bertz CT molecular complexity index is 438. The molecule has 78 valence electrons. The average molecular weight is 204 g/mol. The van der Waals surface area contributed by atoms with Gasteiger partial charge in [0, 0.05) is 18.5 Å². The Labute approximate surface area is 88.1 Å². The lowest BCUT2D eigenvalue weighted by atomic mass is 10.2. The summed E-state index contributed by atoms with van der Waals surface area (Å²) in [5, 5.41) is 4.15. The van der Waals surface area contributed by atoms with Crippen LogP contribution in [0.1, 0.15) is 0 Å². The summed E-state index contributed by atoms with van der Waals surface area (Å²) in [6.45, 7) is 0. The highest BCUT2D eigenvalue weighted by molar-refractivity contribution is 5.50. The van der Waals surface area contributed by atoms with Crippen molar-refractivity contribution in [3.8, 4) is 17.2 Å². The lowest BCUT2D eigenvalue weighted by Crippen LogP contribution is -1.98. The summed E-state index contributed by atoms with van der Waals surface area (Å²) in [6.07, 6.45) is 3.58. The zero-order chi connectivity index (χ0) is 10.7. The first-order chi connectivity index (χ1) is 7.35. The van der Waals surface area contributed by atoms with Crippen LogP contribution in [-0.2, 0) is 0 Å². The zero-order valence-electron chi connectivity index (χ0n) is 8.68. The van der Waals surface area contributed by atoms with E-state index < -0.39 is 0 Å². The summed E-state index contributed by atoms with van der Waals surface area (Å²) in [6, 6.07) is 7.45. The molecule has 4 nitrogen and oxygen atoms in total. The standard InChI is InChI=1S/C11H12N2O2/c1-14-9-4-5-11(15-2)10(8-9)13-7-3-6-12-13/h3-8H,1-2H3.